The Morgan fingerprint density at radius 3 is 2.55 bits per heavy atom. The van der Waals surface area contributed by atoms with Gasteiger partial charge < -0.3 is 5.11 Å². The Morgan fingerprint density at radius 2 is 1.88 bits per heavy atom. The molecule has 0 radical (unpaired) electrons. The molecular weight excluding hydrogens is 436 g/mol. The molecule has 0 heterocycles. The van der Waals surface area contributed by atoms with E-state index in [4.69, 9.17) is 8.74 Å². The van der Waals surface area contributed by atoms with Crippen molar-refractivity contribution in [2.45, 2.75) is 117 Å². The Balaban J connectivity index is 1.46. The van der Waals surface area contributed by atoms with Gasteiger partial charge in [-0.1, -0.05) is 45.3 Å². The van der Waals surface area contributed by atoms with Crippen molar-refractivity contribution in [3.05, 3.63) is 11.6 Å². The van der Waals surface area contributed by atoms with Gasteiger partial charge in [0.25, 0.3) is 0 Å². The third-order valence-electron chi connectivity index (χ3n) is 10.5. The lowest BCUT2D eigenvalue weighted by Gasteiger charge is -2.58. The zero-order valence-corrected chi connectivity index (χ0v) is 22.2. The van der Waals surface area contributed by atoms with Crippen LogP contribution in [0.2, 0.25) is 0 Å². The van der Waals surface area contributed by atoms with E-state index >= 15 is 0 Å². The largest absolute Gasteiger partial charge is 0.397 e. The minimum absolute atomic E-state index is 0.139. The highest BCUT2D eigenvalue weighted by Gasteiger charge is 2.59. The topological polar surface area (TPSA) is 83.8 Å². The minimum Gasteiger partial charge on any atom is -0.390 e. The lowest BCUT2D eigenvalue weighted by molar-refractivity contribution is -0.0563. The van der Waals surface area contributed by atoms with Gasteiger partial charge >= 0.3 is 10.4 Å². The molecule has 4 rings (SSSR count). The second kappa shape index (κ2) is 8.90. The zero-order valence-electron chi connectivity index (χ0n) is 21.3. The van der Waals surface area contributed by atoms with Crippen molar-refractivity contribution in [3.8, 4) is 0 Å². The second-order valence-corrected chi connectivity index (χ2v) is 14.1. The summed E-state index contributed by atoms with van der Waals surface area (Å²) >= 11 is 0. The van der Waals surface area contributed by atoms with Gasteiger partial charge in [0.1, 0.15) is 0 Å². The molecule has 4 aliphatic rings. The van der Waals surface area contributed by atoms with Gasteiger partial charge in [-0.25, -0.2) is 4.18 Å². The minimum atomic E-state index is -4.40. The van der Waals surface area contributed by atoms with E-state index in [1.807, 2.05) is 13.8 Å². The molecule has 33 heavy (non-hydrogen) atoms. The average molecular weight is 483 g/mol. The monoisotopic (exact) mass is 482 g/mol. The molecule has 3 fully saturated rings. The van der Waals surface area contributed by atoms with Crippen LogP contribution in [0, 0.1) is 40.4 Å². The van der Waals surface area contributed by atoms with Gasteiger partial charge in [-0.15, -0.1) is 0 Å². The second-order valence-electron chi connectivity index (χ2n) is 13.1. The molecule has 0 aromatic rings. The van der Waals surface area contributed by atoms with Crippen molar-refractivity contribution in [1.29, 1.82) is 0 Å². The fourth-order valence-corrected chi connectivity index (χ4v) is 9.42. The Hall–Kier alpha value is -0.430. The van der Waals surface area contributed by atoms with E-state index in [1.165, 1.54) is 37.7 Å². The standard InChI is InChI=1S/C27H46O5S/c1-18(7-6-14-25(2,3)28)22-10-11-23-21-9-8-19-17-20(32-33(29,30)31)12-15-26(19,4)24(21)13-16-27(22,23)5/h8,18,20-24,28H,6-7,9-17H2,1-5H3,(H,29,30,31)/t18?,20-,21-,22+,23-,24-,26-,27+/m0/s1. The van der Waals surface area contributed by atoms with E-state index in [0.29, 0.717) is 30.1 Å². The van der Waals surface area contributed by atoms with Crippen LogP contribution in [0.3, 0.4) is 0 Å². The Bertz CT molecular complexity index is 858. The molecule has 0 aliphatic heterocycles. The number of hydrogen-bond acceptors (Lipinski definition) is 4. The summed E-state index contributed by atoms with van der Waals surface area (Å²) in [5.74, 6) is 3.66. The molecule has 8 atom stereocenters. The van der Waals surface area contributed by atoms with Crippen LogP contribution in [0.4, 0.5) is 0 Å². The van der Waals surface area contributed by atoms with E-state index in [9.17, 15) is 13.5 Å². The number of rotatable bonds is 7. The van der Waals surface area contributed by atoms with Gasteiger partial charge in [0.2, 0.25) is 0 Å². The Kier molecular flexibility index (Phi) is 6.92. The fourth-order valence-electron chi connectivity index (χ4n) is 8.91. The molecule has 190 valence electrons. The predicted octanol–water partition coefficient (Wildman–Crippen LogP) is 6.33. The first kappa shape index (κ1) is 25.7. The summed E-state index contributed by atoms with van der Waals surface area (Å²) in [6.45, 7) is 11.3. The first-order valence-corrected chi connectivity index (χ1v) is 14.7. The molecule has 5 nitrogen and oxygen atoms in total. The molecule has 4 aliphatic carbocycles. The van der Waals surface area contributed by atoms with Gasteiger partial charge in [-0.2, -0.15) is 8.42 Å². The first-order chi connectivity index (χ1) is 15.2. The van der Waals surface area contributed by atoms with Gasteiger partial charge in [0, 0.05) is 0 Å². The van der Waals surface area contributed by atoms with Crippen LogP contribution >= 0.6 is 0 Å². The van der Waals surface area contributed by atoms with Gasteiger partial charge in [0.15, 0.2) is 0 Å². The molecule has 6 heteroatoms. The molecule has 0 amide bonds. The predicted molar refractivity (Wildman–Crippen MR) is 131 cm³/mol. The maximum absolute atomic E-state index is 11.2. The van der Waals surface area contributed by atoms with E-state index in [0.717, 1.165) is 43.4 Å². The molecule has 0 saturated heterocycles. The molecule has 0 bridgehead atoms. The normalized spacial score (nSPS) is 42.2. The maximum Gasteiger partial charge on any atom is 0.397 e. The summed E-state index contributed by atoms with van der Waals surface area (Å²) in [6.07, 6.45) is 13.8. The smallest absolute Gasteiger partial charge is 0.390 e. The summed E-state index contributed by atoms with van der Waals surface area (Å²) in [5, 5.41) is 10.1. The third-order valence-corrected chi connectivity index (χ3v) is 11.0. The number of allylic oxidation sites excluding steroid dienone is 1. The SMILES string of the molecule is CC(CCCC(C)(C)O)[C@H]1CC[C@H]2[C@@H]3CC=C4C[C@@H](OS(=O)(=O)O)CC[C@]4(C)[C@H]3CC[C@]12C. The maximum atomic E-state index is 11.2. The van der Waals surface area contributed by atoms with Crippen molar-refractivity contribution in [2.24, 2.45) is 40.4 Å². The van der Waals surface area contributed by atoms with Gasteiger partial charge in [-0.05, 0) is 112 Å². The van der Waals surface area contributed by atoms with Crippen molar-refractivity contribution >= 4 is 10.4 Å². The summed E-state index contributed by atoms with van der Waals surface area (Å²) in [4.78, 5) is 0. The van der Waals surface area contributed by atoms with Crippen molar-refractivity contribution in [2.75, 3.05) is 0 Å². The van der Waals surface area contributed by atoms with E-state index in [2.05, 4.69) is 26.8 Å². The van der Waals surface area contributed by atoms with Crippen molar-refractivity contribution in [3.63, 3.8) is 0 Å². The van der Waals surface area contributed by atoms with Crippen LogP contribution < -0.4 is 0 Å². The molecular formula is C27H46O5S. The van der Waals surface area contributed by atoms with E-state index in [-0.39, 0.29) is 5.41 Å². The lowest BCUT2D eigenvalue weighted by Crippen LogP contribution is -2.51. The van der Waals surface area contributed by atoms with Crippen molar-refractivity contribution in [1.82, 2.24) is 0 Å². The molecule has 0 spiro atoms. The van der Waals surface area contributed by atoms with Gasteiger partial charge in [0.05, 0.1) is 11.7 Å². The Labute approximate surface area is 201 Å². The summed E-state index contributed by atoms with van der Waals surface area (Å²) in [5.41, 5.74) is 1.36. The van der Waals surface area contributed by atoms with Crippen LogP contribution in [0.25, 0.3) is 0 Å². The quantitative estimate of drug-likeness (QED) is 0.327. The first-order valence-electron chi connectivity index (χ1n) is 13.3. The molecule has 0 aromatic heterocycles. The molecule has 3 saturated carbocycles. The summed E-state index contributed by atoms with van der Waals surface area (Å²) in [6, 6.07) is 0. The van der Waals surface area contributed by atoms with E-state index in [1.54, 1.807) is 0 Å². The molecule has 2 N–H and O–H groups in total. The highest BCUT2D eigenvalue weighted by molar-refractivity contribution is 7.80. The number of aliphatic hydroxyl groups is 1. The number of hydrogen-bond donors (Lipinski definition) is 2. The van der Waals surface area contributed by atoms with E-state index < -0.39 is 22.1 Å². The molecule has 0 aromatic carbocycles. The van der Waals surface area contributed by atoms with Crippen LogP contribution in [0.5, 0.6) is 0 Å². The zero-order chi connectivity index (χ0) is 24.2. The van der Waals surface area contributed by atoms with Crippen LogP contribution in [0.15, 0.2) is 11.6 Å². The summed E-state index contributed by atoms with van der Waals surface area (Å²) < 4.78 is 36.5. The third kappa shape index (κ3) is 5.10. The van der Waals surface area contributed by atoms with Crippen LogP contribution in [-0.2, 0) is 14.6 Å². The fraction of sp³-hybridized carbons (Fsp3) is 0.926. The lowest BCUT2D eigenvalue weighted by atomic mass is 9.47. The van der Waals surface area contributed by atoms with Gasteiger partial charge in [-0.3, -0.25) is 4.55 Å². The summed E-state index contributed by atoms with van der Waals surface area (Å²) in [7, 11) is -4.40. The average Bonchev–Trinajstić information content (AvgIpc) is 3.03. The molecule has 1 unspecified atom stereocenters. The van der Waals surface area contributed by atoms with Crippen LogP contribution in [0.1, 0.15) is 105 Å². The van der Waals surface area contributed by atoms with Crippen molar-refractivity contribution < 1.29 is 22.3 Å². The Morgan fingerprint density at radius 1 is 1.15 bits per heavy atom. The van der Waals surface area contributed by atoms with Crippen LogP contribution in [-0.4, -0.2) is 29.8 Å². The highest BCUT2D eigenvalue weighted by atomic mass is 32.3. The number of fused-ring (bicyclic) bond motifs is 5. The highest BCUT2D eigenvalue weighted by Crippen LogP contribution is 2.67.